The zero-order valence-electron chi connectivity index (χ0n) is 8.00. The van der Waals surface area contributed by atoms with Gasteiger partial charge in [-0.05, 0) is 13.3 Å². The number of aliphatic hydroxyl groups excluding tert-OH is 1. The largest absolute Gasteiger partial charge is 0.391 e. The van der Waals surface area contributed by atoms with Gasteiger partial charge in [0.1, 0.15) is 6.04 Å². The Morgan fingerprint density at radius 1 is 1.57 bits per heavy atom. The van der Waals surface area contributed by atoms with Crippen LogP contribution in [0.2, 0.25) is 0 Å². The predicted molar refractivity (Wildman–Crippen MR) is 52.8 cm³/mol. The molecule has 0 rings (SSSR count). The van der Waals surface area contributed by atoms with E-state index in [1.54, 1.807) is 0 Å². The van der Waals surface area contributed by atoms with Gasteiger partial charge in [0.25, 0.3) is 0 Å². The van der Waals surface area contributed by atoms with Gasteiger partial charge in [0.2, 0.25) is 11.8 Å². The third-order valence-corrected chi connectivity index (χ3v) is 1.91. The first-order valence-electron chi connectivity index (χ1n) is 4.31. The lowest BCUT2D eigenvalue weighted by Gasteiger charge is -2.17. The first-order chi connectivity index (χ1) is 6.49. The molecule has 0 fully saturated rings. The summed E-state index contributed by atoms with van der Waals surface area (Å²) in [5.74, 6) is -0.710. The molecule has 14 heavy (non-hydrogen) atoms. The molecular weight excluding hydrogens is 208 g/mol. The summed E-state index contributed by atoms with van der Waals surface area (Å²) in [4.78, 5) is 21.9. The maximum atomic E-state index is 11.1. The molecule has 0 aromatic carbocycles. The summed E-state index contributed by atoms with van der Waals surface area (Å²) in [6.07, 6.45) is -0.244. The molecule has 0 saturated heterocycles. The van der Waals surface area contributed by atoms with Crippen LogP contribution in [0.4, 0.5) is 0 Å². The van der Waals surface area contributed by atoms with Crippen LogP contribution in [0.1, 0.15) is 19.8 Å². The van der Waals surface area contributed by atoms with Gasteiger partial charge in [0.15, 0.2) is 0 Å². The van der Waals surface area contributed by atoms with Gasteiger partial charge in [-0.3, -0.25) is 9.59 Å². The molecule has 2 amide bonds. The van der Waals surface area contributed by atoms with Crippen molar-refractivity contribution < 1.29 is 14.7 Å². The molecule has 0 spiro atoms. The highest BCUT2D eigenvalue weighted by Gasteiger charge is 2.22. The van der Waals surface area contributed by atoms with E-state index in [-0.39, 0.29) is 12.3 Å². The Morgan fingerprint density at radius 3 is 2.50 bits per heavy atom. The number of primary amides is 1. The fourth-order valence-electron chi connectivity index (χ4n) is 0.902. The maximum Gasteiger partial charge on any atom is 0.242 e. The van der Waals surface area contributed by atoms with Crippen LogP contribution in [0.15, 0.2) is 0 Å². The fraction of sp³-hybridized carbons (Fsp3) is 0.750. The number of nitrogens with one attached hydrogen (secondary N) is 1. The van der Waals surface area contributed by atoms with Crippen LogP contribution in [-0.2, 0) is 9.59 Å². The Bertz CT molecular complexity index is 209. The van der Waals surface area contributed by atoms with Gasteiger partial charge in [0, 0.05) is 12.3 Å². The summed E-state index contributed by atoms with van der Waals surface area (Å²) in [6, 6.07) is -1.03. The minimum Gasteiger partial charge on any atom is -0.391 e. The van der Waals surface area contributed by atoms with Crippen LogP contribution in [0.3, 0.4) is 0 Å². The molecule has 0 aromatic heterocycles. The van der Waals surface area contributed by atoms with Crippen molar-refractivity contribution in [2.45, 2.75) is 31.9 Å². The van der Waals surface area contributed by atoms with Gasteiger partial charge < -0.3 is 16.2 Å². The number of alkyl halides is 1. The summed E-state index contributed by atoms with van der Waals surface area (Å²) < 4.78 is 0. The molecule has 1 unspecified atom stereocenters. The molecule has 5 nitrogen and oxygen atoms in total. The molecule has 0 bridgehead atoms. The Kier molecular flexibility index (Phi) is 6.23. The number of amides is 2. The highest BCUT2D eigenvalue weighted by Crippen LogP contribution is 1.96. The van der Waals surface area contributed by atoms with Crippen molar-refractivity contribution in [2.75, 3.05) is 5.88 Å². The highest BCUT2D eigenvalue weighted by molar-refractivity contribution is 6.17. The Labute approximate surface area is 87.6 Å². The van der Waals surface area contributed by atoms with E-state index in [0.29, 0.717) is 12.3 Å². The molecule has 0 saturated carbocycles. The average molecular weight is 223 g/mol. The SMILES string of the molecule is CC(O)[C@H](NC(=O)CCCCl)C(N)=O. The normalized spacial score (nSPS) is 14.5. The van der Waals surface area contributed by atoms with E-state index < -0.39 is 18.1 Å². The molecule has 0 aliphatic carbocycles. The summed E-state index contributed by atoms with van der Waals surface area (Å²) in [5.41, 5.74) is 4.97. The topological polar surface area (TPSA) is 92.4 Å². The van der Waals surface area contributed by atoms with Gasteiger partial charge in [-0.15, -0.1) is 11.6 Å². The molecule has 0 radical (unpaired) electrons. The fourth-order valence-corrected chi connectivity index (χ4v) is 1.04. The number of rotatable bonds is 6. The van der Waals surface area contributed by atoms with E-state index in [1.165, 1.54) is 6.92 Å². The summed E-state index contributed by atoms with van der Waals surface area (Å²) in [5, 5.41) is 11.4. The lowest BCUT2D eigenvalue weighted by atomic mass is 10.1. The zero-order chi connectivity index (χ0) is 11.1. The van der Waals surface area contributed by atoms with E-state index in [9.17, 15) is 9.59 Å². The van der Waals surface area contributed by atoms with Gasteiger partial charge in [-0.25, -0.2) is 0 Å². The number of nitrogens with two attached hydrogens (primary N) is 1. The lowest BCUT2D eigenvalue weighted by molar-refractivity contribution is -0.129. The van der Waals surface area contributed by atoms with Crippen molar-refractivity contribution in [2.24, 2.45) is 5.73 Å². The Hall–Kier alpha value is -0.810. The Balaban J connectivity index is 4.04. The van der Waals surface area contributed by atoms with Crippen LogP contribution in [0.25, 0.3) is 0 Å². The first-order valence-corrected chi connectivity index (χ1v) is 4.85. The molecular formula is C8H15ClN2O3. The third-order valence-electron chi connectivity index (χ3n) is 1.64. The highest BCUT2D eigenvalue weighted by atomic mass is 35.5. The van der Waals surface area contributed by atoms with Crippen molar-refractivity contribution in [3.63, 3.8) is 0 Å². The van der Waals surface area contributed by atoms with Gasteiger partial charge in [0.05, 0.1) is 6.10 Å². The van der Waals surface area contributed by atoms with Crippen molar-refractivity contribution in [1.82, 2.24) is 5.32 Å². The van der Waals surface area contributed by atoms with E-state index in [0.717, 1.165) is 0 Å². The first kappa shape index (κ1) is 13.2. The smallest absolute Gasteiger partial charge is 0.242 e. The van der Waals surface area contributed by atoms with E-state index in [2.05, 4.69) is 5.32 Å². The lowest BCUT2D eigenvalue weighted by Crippen LogP contribution is -2.50. The van der Waals surface area contributed by atoms with Crippen LogP contribution < -0.4 is 11.1 Å². The van der Waals surface area contributed by atoms with Crippen molar-refractivity contribution in [3.8, 4) is 0 Å². The molecule has 0 aliphatic rings. The van der Waals surface area contributed by atoms with Gasteiger partial charge in [-0.1, -0.05) is 0 Å². The van der Waals surface area contributed by atoms with Crippen LogP contribution >= 0.6 is 11.6 Å². The van der Waals surface area contributed by atoms with Crippen molar-refractivity contribution >= 4 is 23.4 Å². The summed E-state index contributed by atoms with van der Waals surface area (Å²) >= 11 is 5.39. The quantitative estimate of drug-likeness (QED) is 0.522. The van der Waals surface area contributed by atoms with Crippen LogP contribution in [-0.4, -0.2) is 34.9 Å². The zero-order valence-corrected chi connectivity index (χ0v) is 8.75. The number of carbonyl (C=O) groups is 2. The molecule has 0 aliphatic heterocycles. The second-order valence-electron chi connectivity index (χ2n) is 2.98. The number of aliphatic hydroxyl groups is 1. The van der Waals surface area contributed by atoms with Crippen molar-refractivity contribution in [1.29, 1.82) is 0 Å². The number of hydrogen-bond donors (Lipinski definition) is 3. The minimum absolute atomic E-state index is 0.222. The maximum absolute atomic E-state index is 11.1. The molecule has 2 atom stereocenters. The molecule has 6 heteroatoms. The monoisotopic (exact) mass is 222 g/mol. The number of hydrogen-bond acceptors (Lipinski definition) is 3. The van der Waals surface area contributed by atoms with E-state index in [4.69, 9.17) is 22.4 Å². The van der Waals surface area contributed by atoms with Gasteiger partial charge in [-0.2, -0.15) is 0 Å². The predicted octanol–water partition coefficient (Wildman–Crippen LogP) is -0.644. The van der Waals surface area contributed by atoms with E-state index in [1.807, 2.05) is 0 Å². The van der Waals surface area contributed by atoms with Crippen LogP contribution in [0, 0.1) is 0 Å². The summed E-state index contributed by atoms with van der Waals surface area (Å²) in [6.45, 7) is 1.39. The third kappa shape index (κ3) is 5.04. The molecule has 4 N–H and O–H groups in total. The molecule has 0 aromatic rings. The number of carbonyl (C=O) groups excluding carboxylic acids is 2. The molecule has 0 heterocycles. The standard InChI is InChI=1S/C8H15ClN2O3/c1-5(12)7(8(10)14)11-6(13)3-2-4-9/h5,7,12H,2-4H2,1H3,(H2,10,14)(H,11,13)/t5?,7-/m0/s1. The Morgan fingerprint density at radius 2 is 2.14 bits per heavy atom. The number of halogens is 1. The van der Waals surface area contributed by atoms with Gasteiger partial charge >= 0.3 is 0 Å². The van der Waals surface area contributed by atoms with E-state index >= 15 is 0 Å². The van der Waals surface area contributed by atoms with Crippen molar-refractivity contribution in [3.05, 3.63) is 0 Å². The summed E-state index contributed by atoms with van der Waals surface area (Å²) in [7, 11) is 0. The average Bonchev–Trinajstić information content (AvgIpc) is 2.09. The second kappa shape index (κ2) is 6.62. The molecule has 82 valence electrons. The second-order valence-corrected chi connectivity index (χ2v) is 3.36. The van der Waals surface area contributed by atoms with Crippen LogP contribution in [0.5, 0.6) is 0 Å². The minimum atomic E-state index is -1.03.